The number of aromatic hydroxyl groups is 1. The van der Waals surface area contributed by atoms with Crippen LogP contribution in [0, 0.1) is 6.92 Å². The summed E-state index contributed by atoms with van der Waals surface area (Å²) in [6.45, 7) is 3.83. The summed E-state index contributed by atoms with van der Waals surface area (Å²) >= 11 is 3.33. The highest BCUT2D eigenvalue weighted by molar-refractivity contribution is 9.10. The average molecular weight is 361 g/mol. The zero-order valence-corrected chi connectivity index (χ0v) is 14.0. The predicted octanol–water partition coefficient (Wildman–Crippen LogP) is 3.75. The van der Waals surface area contributed by atoms with Gasteiger partial charge in [0, 0.05) is 6.20 Å². The smallest absolute Gasteiger partial charge is 0.137 e. The highest BCUT2D eigenvalue weighted by Gasteiger charge is 2.21. The molecule has 0 fully saturated rings. The van der Waals surface area contributed by atoms with Crippen LogP contribution in [0.3, 0.4) is 0 Å². The van der Waals surface area contributed by atoms with Crippen LogP contribution in [0.2, 0.25) is 0 Å². The Kier molecular flexibility index (Phi) is 3.93. The first kappa shape index (κ1) is 15.1. The number of fused-ring (bicyclic) bond motifs is 1. The Labute approximate surface area is 137 Å². The molecule has 2 aromatic heterocycles. The zero-order chi connectivity index (χ0) is 15.9. The summed E-state index contributed by atoms with van der Waals surface area (Å²) in [6.07, 6.45) is 1.84. The number of imidazole rings is 1. The highest BCUT2D eigenvalue weighted by atomic mass is 79.9. The van der Waals surface area contributed by atoms with Gasteiger partial charge < -0.3 is 14.6 Å². The number of hydrogen-bond donors (Lipinski definition) is 2. The number of aliphatic hydroxyl groups is 1. The molecule has 0 bridgehead atoms. The van der Waals surface area contributed by atoms with Gasteiger partial charge in [-0.25, -0.2) is 4.98 Å². The highest BCUT2D eigenvalue weighted by Crippen LogP contribution is 2.34. The number of aryl methyl sites for hydroxylation is 2. The molecule has 0 aliphatic carbocycles. The fourth-order valence-electron chi connectivity index (χ4n) is 2.69. The molecule has 3 aromatic rings. The van der Waals surface area contributed by atoms with Crippen LogP contribution < -0.4 is 0 Å². The van der Waals surface area contributed by atoms with Crippen molar-refractivity contribution >= 4 is 21.6 Å². The van der Waals surface area contributed by atoms with Gasteiger partial charge in [0.1, 0.15) is 17.5 Å². The molecule has 0 saturated carbocycles. The van der Waals surface area contributed by atoms with E-state index in [9.17, 15) is 10.2 Å². The molecule has 1 aromatic carbocycles. The molecule has 0 radical (unpaired) electrons. The van der Waals surface area contributed by atoms with Crippen LogP contribution in [-0.2, 0) is 6.42 Å². The molecule has 0 amide bonds. The Morgan fingerprint density at radius 3 is 2.77 bits per heavy atom. The van der Waals surface area contributed by atoms with E-state index in [4.69, 9.17) is 0 Å². The van der Waals surface area contributed by atoms with Gasteiger partial charge in [-0.2, -0.15) is 0 Å². The number of nitrogens with zero attached hydrogens (tertiary/aromatic N) is 2. The summed E-state index contributed by atoms with van der Waals surface area (Å²) in [7, 11) is 0. The molecule has 0 spiro atoms. The molecule has 0 saturated heterocycles. The van der Waals surface area contributed by atoms with Gasteiger partial charge in [-0.3, -0.25) is 0 Å². The van der Waals surface area contributed by atoms with Gasteiger partial charge in [0.05, 0.1) is 15.9 Å². The van der Waals surface area contributed by atoms with Crippen LogP contribution in [0.5, 0.6) is 5.75 Å². The van der Waals surface area contributed by atoms with Crippen molar-refractivity contribution < 1.29 is 10.2 Å². The molecular weight excluding hydrogens is 344 g/mol. The van der Waals surface area contributed by atoms with Crippen molar-refractivity contribution in [3.05, 3.63) is 63.5 Å². The second-order valence-electron chi connectivity index (χ2n) is 5.30. The minimum Gasteiger partial charge on any atom is -0.506 e. The number of phenolic OH excluding ortho intramolecular Hbond substituents is 1. The molecule has 1 unspecified atom stereocenters. The van der Waals surface area contributed by atoms with Gasteiger partial charge in [0.15, 0.2) is 0 Å². The van der Waals surface area contributed by atoms with E-state index in [1.54, 1.807) is 12.1 Å². The van der Waals surface area contributed by atoms with Gasteiger partial charge in [0.25, 0.3) is 0 Å². The first-order chi connectivity index (χ1) is 10.5. The van der Waals surface area contributed by atoms with Crippen molar-refractivity contribution in [1.82, 2.24) is 9.38 Å². The molecule has 114 valence electrons. The molecule has 22 heavy (non-hydrogen) atoms. The summed E-state index contributed by atoms with van der Waals surface area (Å²) < 4.78 is 2.49. The Morgan fingerprint density at radius 1 is 1.32 bits per heavy atom. The Balaban J connectivity index is 2.18. The fourth-order valence-corrected chi connectivity index (χ4v) is 3.27. The molecule has 2 N–H and O–H groups in total. The number of pyridine rings is 1. The minimum absolute atomic E-state index is 0.199. The van der Waals surface area contributed by atoms with E-state index in [1.165, 1.54) is 0 Å². The summed E-state index contributed by atoms with van der Waals surface area (Å²) in [6, 6.07) is 9.32. The SMILES string of the molecule is CCc1nc2ccccn2c1C(O)c1cc(C)c(O)c(Br)c1. The van der Waals surface area contributed by atoms with Crippen LogP contribution in [0.4, 0.5) is 0 Å². The lowest BCUT2D eigenvalue weighted by Gasteiger charge is -2.15. The predicted molar refractivity (Wildman–Crippen MR) is 89.2 cm³/mol. The average Bonchev–Trinajstić information content (AvgIpc) is 2.89. The maximum absolute atomic E-state index is 10.9. The standard InChI is InChI=1S/C17H17BrN2O2/c1-3-13-15(20-7-5-4-6-14(20)19-13)17(22)11-8-10(2)16(21)12(18)9-11/h4-9,17,21-22H,3H2,1-2H3. The lowest BCUT2D eigenvalue weighted by molar-refractivity contribution is 0.213. The quantitative estimate of drug-likeness (QED) is 0.747. The monoisotopic (exact) mass is 360 g/mol. The van der Waals surface area contributed by atoms with Crippen LogP contribution in [0.25, 0.3) is 5.65 Å². The molecule has 2 heterocycles. The molecule has 0 aliphatic heterocycles. The number of aromatic nitrogens is 2. The molecule has 0 aliphatic rings. The largest absolute Gasteiger partial charge is 0.506 e. The van der Waals surface area contributed by atoms with Crippen molar-refractivity contribution in [3.63, 3.8) is 0 Å². The number of phenols is 1. The van der Waals surface area contributed by atoms with Gasteiger partial charge >= 0.3 is 0 Å². The number of aliphatic hydroxyl groups excluding tert-OH is 1. The molecule has 4 nitrogen and oxygen atoms in total. The van der Waals surface area contributed by atoms with Crippen molar-refractivity contribution in [3.8, 4) is 5.75 Å². The number of halogens is 1. The van der Waals surface area contributed by atoms with Crippen LogP contribution in [0.15, 0.2) is 41.0 Å². The van der Waals surface area contributed by atoms with E-state index in [2.05, 4.69) is 20.9 Å². The third kappa shape index (κ3) is 2.40. The Bertz CT molecular complexity index is 819. The van der Waals surface area contributed by atoms with Crippen LogP contribution in [0.1, 0.15) is 35.5 Å². The molecule has 1 atom stereocenters. The zero-order valence-electron chi connectivity index (χ0n) is 12.4. The topological polar surface area (TPSA) is 57.8 Å². The Morgan fingerprint density at radius 2 is 2.09 bits per heavy atom. The van der Waals surface area contributed by atoms with E-state index in [0.29, 0.717) is 4.47 Å². The number of rotatable bonds is 3. The van der Waals surface area contributed by atoms with Gasteiger partial charge in [-0.1, -0.05) is 13.0 Å². The van der Waals surface area contributed by atoms with Crippen molar-refractivity contribution in [2.75, 3.05) is 0 Å². The van der Waals surface area contributed by atoms with Gasteiger partial charge in [-0.15, -0.1) is 0 Å². The molecular formula is C17H17BrN2O2. The third-order valence-electron chi connectivity index (χ3n) is 3.83. The molecule has 5 heteroatoms. The second kappa shape index (κ2) is 5.74. The molecule has 3 rings (SSSR count). The van der Waals surface area contributed by atoms with Crippen molar-refractivity contribution in [2.24, 2.45) is 0 Å². The maximum Gasteiger partial charge on any atom is 0.137 e. The summed E-state index contributed by atoms with van der Waals surface area (Å²) in [5, 5.41) is 20.7. The lowest BCUT2D eigenvalue weighted by atomic mass is 10.0. The van der Waals surface area contributed by atoms with E-state index in [0.717, 1.165) is 34.6 Å². The minimum atomic E-state index is -0.803. The number of benzene rings is 1. The first-order valence-corrected chi connectivity index (χ1v) is 7.95. The van der Waals surface area contributed by atoms with Gasteiger partial charge in [-0.05, 0) is 64.7 Å². The third-order valence-corrected chi connectivity index (χ3v) is 4.43. The van der Waals surface area contributed by atoms with Crippen LogP contribution in [-0.4, -0.2) is 19.6 Å². The van der Waals surface area contributed by atoms with Crippen LogP contribution >= 0.6 is 15.9 Å². The van der Waals surface area contributed by atoms with Gasteiger partial charge in [0.2, 0.25) is 0 Å². The maximum atomic E-state index is 10.9. The van der Waals surface area contributed by atoms with E-state index in [-0.39, 0.29) is 5.75 Å². The summed E-state index contributed by atoms with van der Waals surface area (Å²) in [4.78, 5) is 4.58. The van der Waals surface area contributed by atoms with E-state index >= 15 is 0 Å². The number of hydrogen-bond acceptors (Lipinski definition) is 3. The normalized spacial score (nSPS) is 12.7. The van der Waals surface area contributed by atoms with E-state index < -0.39 is 6.10 Å². The Hall–Kier alpha value is -1.85. The van der Waals surface area contributed by atoms with Crippen molar-refractivity contribution in [1.29, 1.82) is 0 Å². The second-order valence-corrected chi connectivity index (χ2v) is 6.15. The summed E-state index contributed by atoms with van der Waals surface area (Å²) in [5.74, 6) is 0.199. The fraction of sp³-hybridized carbons (Fsp3) is 0.235. The van der Waals surface area contributed by atoms with Crippen molar-refractivity contribution in [2.45, 2.75) is 26.4 Å². The lowest BCUT2D eigenvalue weighted by Crippen LogP contribution is -2.06. The first-order valence-electron chi connectivity index (χ1n) is 7.15. The van der Waals surface area contributed by atoms with E-state index in [1.807, 2.05) is 42.6 Å². The summed E-state index contributed by atoms with van der Waals surface area (Å²) in [5.41, 5.74) is 3.91.